The maximum atomic E-state index is 13.0. The summed E-state index contributed by atoms with van der Waals surface area (Å²) in [5, 5.41) is 8.73. The molecular weight excluding hydrogens is 482 g/mol. The Hall–Kier alpha value is -2.27. The van der Waals surface area contributed by atoms with E-state index in [1.165, 1.54) is 30.6 Å². The van der Waals surface area contributed by atoms with Gasteiger partial charge in [-0.1, -0.05) is 26.2 Å². The van der Waals surface area contributed by atoms with Crippen LogP contribution >= 0.6 is 11.3 Å². The summed E-state index contributed by atoms with van der Waals surface area (Å²) in [6, 6.07) is 8.81. The van der Waals surface area contributed by atoms with Gasteiger partial charge in [0.05, 0.1) is 21.5 Å². The van der Waals surface area contributed by atoms with Gasteiger partial charge in [0, 0.05) is 37.3 Å². The fourth-order valence-corrected chi connectivity index (χ4v) is 7.65. The van der Waals surface area contributed by atoms with Gasteiger partial charge in [-0.2, -0.15) is 9.40 Å². The Morgan fingerprint density at radius 1 is 1.09 bits per heavy atom. The van der Waals surface area contributed by atoms with Crippen molar-refractivity contribution in [1.82, 2.24) is 19.0 Å². The second kappa shape index (κ2) is 10.0. The molecule has 5 rings (SSSR count). The highest BCUT2D eigenvalue weighted by Gasteiger charge is 2.28. The Morgan fingerprint density at radius 3 is 2.43 bits per heavy atom. The summed E-state index contributed by atoms with van der Waals surface area (Å²) in [4.78, 5) is 17.2. The number of likely N-dealkylation sites (N-methyl/N-ethyl adjacent to an activating group) is 1. The van der Waals surface area contributed by atoms with Gasteiger partial charge in [-0.15, -0.1) is 11.3 Å². The summed E-state index contributed by atoms with van der Waals surface area (Å²) in [6.45, 7) is 7.51. The van der Waals surface area contributed by atoms with Crippen molar-refractivity contribution < 1.29 is 13.2 Å². The lowest BCUT2D eigenvalue weighted by Gasteiger charge is -2.33. The molecule has 2 fully saturated rings. The van der Waals surface area contributed by atoms with Gasteiger partial charge in [0.25, 0.3) is 5.91 Å². The topological polar surface area (TPSA) is 87.5 Å². The molecule has 0 unspecified atom stereocenters. The monoisotopic (exact) mass is 515 g/mol. The fourth-order valence-electron chi connectivity index (χ4n) is 5.09. The highest BCUT2D eigenvalue weighted by Crippen LogP contribution is 2.35. The van der Waals surface area contributed by atoms with Crippen LogP contribution in [0, 0.1) is 6.92 Å². The van der Waals surface area contributed by atoms with E-state index in [0.717, 1.165) is 48.4 Å². The predicted octanol–water partition coefficient (Wildman–Crippen LogP) is 4.49. The van der Waals surface area contributed by atoms with Crippen LogP contribution in [0.4, 0.5) is 5.69 Å². The van der Waals surface area contributed by atoms with E-state index in [1.807, 2.05) is 13.0 Å². The van der Waals surface area contributed by atoms with Crippen molar-refractivity contribution in [2.75, 3.05) is 38.0 Å². The van der Waals surface area contributed by atoms with Gasteiger partial charge in [0.15, 0.2) is 0 Å². The molecule has 1 amide bonds. The highest BCUT2D eigenvalue weighted by atomic mass is 32.2. The van der Waals surface area contributed by atoms with Crippen molar-refractivity contribution >= 4 is 43.2 Å². The van der Waals surface area contributed by atoms with E-state index < -0.39 is 10.0 Å². The number of nitrogens with zero attached hydrogens (tertiary/aromatic N) is 4. The number of amides is 1. The Kier molecular flexibility index (Phi) is 6.98. The summed E-state index contributed by atoms with van der Waals surface area (Å²) in [6.07, 6.45) is 6.01. The molecule has 1 aliphatic heterocycles. The Labute approximate surface area is 211 Å². The lowest BCUT2D eigenvalue weighted by molar-refractivity contribution is 0.103. The summed E-state index contributed by atoms with van der Waals surface area (Å²) >= 11 is 1.48. The first-order valence-corrected chi connectivity index (χ1v) is 14.7. The SMILES string of the molecule is CCN1CCN(S(=O)(=O)c2ccc(NC(=O)c3cc4c(C)nn(C5CCCCC5)c4s3)cc2)CC1. The molecule has 1 saturated heterocycles. The van der Waals surface area contributed by atoms with Crippen LogP contribution in [0.3, 0.4) is 0 Å². The molecular formula is C25H33N5O3S2. The van der Waals surface area contributed by atoms with Crippen molar-refractivity contribution in [3.8, 4) is 0 Å². The van der Waals surface area contributed by atoms with Crippen LogP contribution in [0.2, 0.25) is 0 Å². The standard InChI is InChI=1S/C25H33N5O3S2/c1-3-28-13-15-29(16-14-28)35(32,33)21-11-9-19(10-12-21)26-24(31)23-17-22-18(2)27-30(25(22)34-23)20-7-5-4-6-8-20/h9-12,17,20H,3-8,13-16H2,1-2H3,(H,26,31). The van der Waals surface area contributed by atoms with Gasteiger partial charge in [-0.3, -0.25) is 9.48 Å². The third-order valence-corrected chi connectivity index (χ3v) is 10.3. The number of carbonyl (C=O) groups excluding carboxylic acids is 1. The summed E-state index contributed by atoms with van der Waals surface area (Å²) in [7, 11) is -3.53. The number of anilines is 1. The molecule has 10 heteroatoms. The second-order valence-corrected chi connectivity index (χ2v) is 12.4. The van der Waals surface area contributed by atoms with E-state index in [1.54, 1.807) is 28.6 Å². The van der Waals surface area contributed by atoms with Gasteiger partial charge >= 0.3 is 0 Å². The zero-order chi connectivity index (χ0) is 24.6. The van der Waals surface area contributed by atoms with Gasteiger partial charge in [-0.05, 0) is 56.6 Å². The molecule has 1 aromatic carbocycles. The normalized spacial score (nSPS) is 18.8. The molecule has 3 aromatic rings. The largest absolute Gasteiger partial charge is 0.321 e. The molecule has 2 aromatic heterocycles. The van der Waals surface area contributed by atoms with Gasteiger partial charge in [0.2, 0.25) is 10.0 Å². The number of fused-ring (bicyclic) bond motifs is 1. The molecule has 3 heterocycles. The number of sulfonamides is 1. The summed E-state index contributed by atoms with van der Waals surface area (Å²) in [5.41, 5.74) is 1.53. The van der Waals surface area contributed by atoms with Crippen molar-refractivity contribution in [3.05, 3.63) is 40.9 Å². The summed E-state index contributed by atoms with van der Waals surface area (Å²) < 4.78 is 29.7. The molecule has 0 atom stereocenters. The zero-order valence-electron chi connectivity index (χ0n) is 20.4. The van der Waals surface area contributed by atoms with E-state index >= 15 is 0 Å². The van der Waals surface area contributed by atoms with Crippen LogP contribution in [-0.2, 0) is 10.0 Å². The van der Waals surface area contributed by atoms with Gasteiger partial charge in [-0.25, -0.2) is 8.42 Å². The Morgan fingerprint density at radius 2 is 1.77 bits per heavy atom. The number of carbonyl (C=O) groups is 1. The molecule has 0 bridgehead atoms. The first-order valence-electron chi connectivity index (χ1n) is 12.5. The second-order valence-electron chi connectivity index (χ2n) is 9.47. The lowest BCUT2D eigenvalue weighted by atomic mass is 9.96. The minimum absolute atomic E-state index is 0.188. The van der Waals surface area contributed by atoms with Crippen LogP contribution in [0.1, 0.15) is 60.4 Å². The molecule has 8 nitrogen and oxygen atoms in total. The fraction of sp³-hybridized carbons (Fsp3) is 0.520. The molecule has 1 N–H and O–H groups in total. The predicted molar refractivity (Wildman–Crippen MR) is 140 cm³/mol. The van der Waals surface area contributed by atoms with Gasteiger partial charge < -0.3 is 10.2 Å². The maximum absolute atomic E-state index is 13.0. The van der Waals surface area contributed by atoms with Crippen molar-refractivity contribution in [3.63, 3.8) is 0 Å². The number of nitrogens with one attached hydrogen (secondary N) is 1. The average Bonchev–Trinajstić information content (AvgIpc) is 3.45. The number of aryl methyl sites for hydroxylation is 1. The number of aromatic nitrogens is 2. The molecule has 0 spiro atoms. The number of hydrogen-bond donors (Lipinski definition) is 1. The molecule has 2 aliphatic rings. The molecule has 1 saturated carbocycles. The third kappa shape index (κ3) is 4.89. The van der Waals surface area contributed by atoms with Crippen molar-refractivity contribution in [2.24, 2.45) is 0 Å². The number of thiophene rings is 1. The lowest BCUT2D eigenvalue weighted by Crippen LogP contribution is -2.48. The number of hydrogen-bond acceptors (Lipinski definition) is 6. The number of benzene rings is 1. The van der Waals surface area contributed by atoms with E-state index in [0.29, 0.717) is 29.7 Å². The van der Waals surface area contributed by atoms with Crippen LogP contribution in [-0.4, -0.2) is 66.0 Å². The van der Waals surface area contributed by atoms with Crippen LogP contribution < -0.4 is 5.32 Å². The van der Waals surface area contributed by atoms with E-state index in [-0.39, 0.29) is 10.8 Å². The van der Waals surface area contributed by atoms with Crippen molar-refractivity contribution in [2.45, 2.75) is 56.9 Å². The molecule has 0 radical (unpaired) electrons. The third-order valence-electron chi connectivity index (χ3n) is 7.24. The average molecular weight is 516 g/mol. The summed E-state index contributed by atoms with van der Waals surface area (Å²) in [5.74, 6) is -0.188. The van der Waals surface area contributed by atoms with E-state index in [9.17, 15) is 13.2 Å². The minimum atomic E-state index is -3.53. The maximum Gasteiger partial charge on any atom is 0.265 e. The molecule has 35 heavy (non-hydrogen) atoms. The van der Waals surface area contributed by atoms with Crippen LogP contribution in [0.5, 0.6) is 0 Å². The van der Waals surface area contributed by atoms with Crippen LogP contribution in [0.15, 0.2) is 35.2 Å². The minimum Gasteiger partial charge on any atom is -0.321 e. The number of piperazine rings is 1. The van der Waals surface area contributed by atoms with Gasteiger partial charge in [0.1, 0.15) is 4.83 Å². The van der Waals surface area contributed by atoms with Crippen molar-refractivity contribution in [1.29, 1.82) is 0 Å². The molecule has 188 valence electrons. The molecule has 1 aliphatic carbocycles. The van der Waals surface area contributed by atoms with Crippen LogP contribution in [0.25, 0.3) is 10.2 Å². The first kappa shape index (κ1) is 24.4. The first-order chi connectivity index (χ1) is 16.9. The Balaban J connectivity index is 1.29. The van der Waals surface area contributed by atoms with E-state index in [2.05, 4.69) is 21.8 Å². The highest BCUT2D eigenvalue weighted by molar-refractivity contribution is 7.89. The smallest absolute Gasteiger partial charge is 0.265 e. The quantitative estimate of drug-likeness (QED) is 0.523. The Bertz CT molecular complexity index is 1300. The zero-order valence-corrected chi connectivity index (χ0v) is 22.0. The number of rotatable bonds is 6. The van der Waals surface area contributed by atoms with E-state index in [4.69, 9.17) is 5.10 Å².